The molecule has 0 aliphatic heterocycles. The van der Waals surface area contributed by atoms with E-state index >= 15 is 0 Å². The van der Waals surface area contributed by atoms with E-state index in [2.05, 4.69) is 347 Å². The van der Waals surface area contributed by atoms with Crippen molar-refractivity contribution in [1.29, 1.82) is 0 Å². The average Bonchev–Trinajstić information content (AvgIpc) is 1.50. The first-order valence-corrected chi connectivity index (χ1v) is 32.5. The highest BCUT2D eigenvalue weighted by atomic mass is 28.3. The lowest BCUT2D eigenvalue weighted by Crippen LogP contribution is -2.74. The van der Waals surface area contributed by atoms with Gasteiger partial charge in [0.1, 0.15) is 0 Å². The second-order valence-corrected chi connectivity index (χ2v) is 27.3. The number of aromatic nitrogens is 3. The molecule has 0 unspecified atom stereocenters. The number of hydrogen-bond acceptors (Lipinski definition) is 0. The van der Waals surface area contributed by atoms with Crippen molar-refractivity contribution in [3.05, 3.63) is 334 Å². The van der Waals surface area contributed by atoms with Crippen molar-refractivity contribution in [2.24, 2.45) is 0 Å². The summed E-state index contributed by atoms with van der Waals surface area (Å²) in [5, 5.41) is 20.3. The van der Waals surface area contributed by atoms with Crippen LogP contribution >= 0.6 is 0 Å². The first-order chi connectivity index (χ1) is 43.7. The molecule has 410 valence electrons. The first-order valence-electron chi connectivity index (χ1n) is 30.5. The largest absolute Gasteiger partial charge is 0.309 e. The molecule has 0 saturated heterocycles. The fourth-order valence-electron chi connectivity index (χ4n) is 15.2. The Kier molecular flexibility index (Phi) is 11.3. The average molecular weight is 1130 g/mol. The maximum Gasteiger partial charge on any atom is 0.179 e. The molecule has 3 nitrogen and oxygen atoms in total. The number of benzene rings is 15. The topological polar surface area (TPSA) is 14.8 Å². The molecule has 0 atom stereocenters. The van der Waals surface area contributed by atoms with E-state index in [9.17, 15) is 0 Å². The zero-order valence-electron chi connectivity index (χ0n) is 48.1. The number of fused-ring (bicyclic) bond motifs is 16. The van der Waals surface area contributed by atoms with Crippen molar-refractivity contribution in [2.75, 3.05) is 0 Å². The Labute approximate surface area is 510 Å². The summed E-state index contributed by atoms with van der Waals surface area (Å²) < 4.78 is 7.46. The Hall–Kier alpha value is -11.3. The summed E-state index contributed by atoms with van der Waals surface area (Å²) in [4.78, 5) is 0. The number of rotatable bonds is 9. The van der Waals surface area contributed by atoms with Crippen LogP contribution in [0.15, 0.2) is 334 Å². The molecule has 0 fully saturated rings. The summed E-state index contributed by atoms with van der Waals surface area (Å²) >= 11 is 0. The molecule has 0 radical (unpaired) electrons. The maximum atomic E-state index is 2.55. The second-order valence-electron chi connectivity index (χ2n) is 23.5. The van der Waals surface area contributed by atoms with Crippen LogP contribution in [0.4, 0.5) is 0 Å². The molecule has 18 rings (SSSR count). The van der Waals surface area contributed by atoms with E-state index in [1.165, 1.54) is 130 Å². The highest BCUT2D eigenvalue weighted by molar-refractivity contribution is 7.20. The van der Waals surface area contributed by atoms with Gasteiger partial charge in [-0.15, -0.1) is 0 Å². The number of hydrogen-bond donors (Lipinski definition) is 0. The van der Waals surface area contributed by atoms with Crippen molar-refractivity contribution in [1.82, 2.24) is 13.7 Å². The Morgan fingerprint density at radius 1 is 0.170 bits per heavy atom. The van der Waals surface area contributed by atoms with E-state index in [1.807, 2.05) is 0 Å². The monoisotopic (exact) mass is 1130 g/mol. The van der Waals surface area contributed by atoms with Gasteiger partial charge in [0.15, 0.2) is 8.07 Å². The maximum absolute atomic E-state index is 3.10. The smallest absolute Gasteiger partial charge is 0.179 e. The van der Waals surface area contributed by atoms with Gasteiger partial charge in [-0.3, -0.25) is 0 Å². The van der Waals surface area contributed by atoms with Gasteiger partial charge < -0.3 is 13.7 Å². The van der Waals surface area contributed by atoms with Gasteiger partial charge >= 0.3 is 0 Å². The fraction of sp³-hybridized carbons (Fsp3) is 0. The highest BCUT2D eigenvalue weighted by Crippen LogP contribution is 2.45. The summed E-state index contributed by atoms with van der Waals surface area (Å²) in [7, 11) is -3.10. The van der Waals surface area contributed by atoms with E-state index in [0.29, 0.717) is 0 Å². The van der Waals surface area contributed by atoms with Gasteiger partial charge in [-0.05, 0) is 143 Å². The SMILES string of the molecule is c1ccc(-c2cc(-c3ccccc3)cc([Si](c3ccccc3)(c3ccccc3)c3ccc(-n4c5cc(-n6c7ccccc7c7cc(-n8c9ccccc9c9ccccc98)ccc76)ccc5c5c6c7ccccc7c7ccccc7c6ccc54)cc3)c2)cc1. The molecule has 18 aromatic rings. The minimum Gasteiger partial charge on any atom is -0.309 e. The predicted octanol–water partition coefficient (Wildman–Crippen LogP) is 19.1. The van der Waals surface area contributed by atoms with Crippen LogP contribution in [0.25, 0.3) is 137 Å². The molecule has 0 spiro atoms. The van der Waals surface area contributed by atoms with E-state index < -0.39 is 8.07 Å². The van der Waals surface area contributed by atoms with Gasteiger partial charge in [0, 0.05) is 54.8 Å². The van der Waals surface area contributed by atoms with E-state index in [0.717, 1.165) is 28.1 Å². The van der Waals surface area contributed by atoms with Gasteiger partial charge in [-0.1, -0.05) is 261 Å². The molecule has 88 heavy (non-hydrogen) atoms. The third-order valence-electron chi connectivity index (χ3n) is 18.9. The van der Waals surface area contributed by atoms with Crippen molar-refractivity contribution in [3.63, 3.8) is 0 Å². The molecule has 15 aromatic carbocycles. The third kappa shape index (κ3) is 7.49. The van der Waals surface area contributed by atoms with E-state index in [1.54, 1.807) is 0 Å². The standard InChI is InChI=1S/C84H55N3Si/c1-5-23-56(24-6-1)58-51-59(57-25-7-2-8-26-57)53-66(52-58)88(63-27-9-3-10-28-63,64-29-11-4-12-30-64)65-45-41-60(42-46-65)85-81-50-48-74-69-33-14-13-31-67(69)68-32-15-16-37-73(68)83(74)84(81)75-47-43-62(55-82(75)85)87-79-40-22-19-36-72(79)76-54-61(44-49-80(76)87)86-77-38-20-17-34-70(77)71-35-18-21-39-78(71)86/h1-55H. The Balaban J connectivity index is 0.897. The van der Waals surface area contributed by atoms with Crippen LogP contribution in [-0.4, -0.2) is 21.8 Å². The Morgan fingerprint density at radius 3 is 1.08 bits per heavy atom. The van der Waals surface area contributed by atoms with Gasteiger partial charge in [0.25, 0.3) is 0 Å². The lowest BCUT2D eigenvalue weighted by Gasteiger charge is -2.35. The molecular weight excluding hydrogens is 1080 g/mol. The molecule has 4 heteroatoms. The van der Waals surface area contributed by atoms with Crippen molar-refractivity contribution in [3.8, 4) is 39.3 Å². The summed E-state index contributed by atoms with van der Waals surface area (Å²) in [6.07, 6.45) is 0. The van der Waals surface area contributed by atoms with Gasteiger partial charge in [-0.25, -0.2) is 0 Å². The summed E-state index contributed by atoms with van der Waals surface area (Å²) in [5.41, 5.74) is 15.2. The van der Waals surface area contributed by atoms with E-state index in [4.69, 9.17) is 0 Å². The van der Waals surface area contributed by atoms with Crippen molar-refractivity contribution >= 4 is 127 Å². The fourth-order valence-corrected chi connectivity index (χ4v) is 20.0. The normalized spacial score (nSPS) is 12.1. The van der Waals surface area contributed by atoms with Crippen LogP contribution < -0.4 is 20.7 Å². The molecule has 0 aliphatic carbocycles. The lowest BCUT2D eigenvalue weighted by atomic mass is 9.92. The van der Waals surface area contributed by atoms with Crippen LogP contribution in [0.1, 0.15) is 0 Å². The summed E-state index contributed by atoms with van der Waals surface area (Å²) in [6.45, 7) is 0. The van der Waals surface area contributed by atoms with Crippen molar-refractivity contribution < 1.29 is 0 Å². The van der Waals surface area contributed by atoms with Crippen LogP contribution in [-0.2, 0) is 0 Å². The van der Waals surface area contributed by atoms with Crippen molar-refractivity contribution in [2.45, 2.75) is 0 Å². The second kappa shape index (κ2) is 19.9. The zero-order chi connectivity index (χ0) is 57.9. The molecule has 0 bridgehead atoms. The molecule has 0 aliphatic rings. The van der Waals surface area contributed by atoms with Gasteiger partial charge in [-0.2, -0.15) is 0 Å². The molecule has 0 amide bonds. The Bertz CT molecular complexity index is 5600. The number of nitrogens with zero attached hydrogens (tertiary/aromatic N) is 3. The summed E-state index contributed by atoms with van der Waals surface area (Å²) in [6, 6.07) is 125. The minimum absolute atomic E-state index is 1.11. The zero-order valence-corrected chi connectivity index (χ0v) is 49.1. The van der Waals surface area contributed by atoms with Gasteiger partial charge in [0.05, 0.1) is 33.1 Å². The minimum atomic E-state index is -3.10. The van der Waals surface area contributed by atoms with Crippen LogP contribution in [0, 0.1) is 0 Å². The first kappa shape index (κ1) is 50.1. The van der Waals surface area contributed by atoms with Crippen LogP contribution in [0.3, 0.4) is 0 Å². The lowest BCUT2D eigenvalue weighted by molar-refractivity contribution is 1.15. The Morgan fingerprint density at radius 2 is 0.534 bits per heavy atom. The molecule has 3 heterocycles. The number of para-hydroxylation sites is 3. The quantitative estimate of drug-likeness (QED) is 0.0777. The predicted molar refractivity (Wildman–Crippen MR) is 376 cm³/mol. The van der Waals surface area contributed by atoms with Crippen LogP contribution in [0.5, 0.6) is 0 Å². The third-order valence-corrected chi connectivity index (χ3v) is 23.7. The molecular formula is C84H55N3Si. The highest BCUT2D eigenvalue weighted by Gasteiger charge is 2.42. The molecule has 0 saturated carbocycles. The molecule has 0 N–H and O–H groups in total. The van der Waals surface area contributed by atoms with E-state index in [-0.39, 0.29) is 0 Å². The summed E-state index contributed by atoms with van der Waals surface area (Å²) in [5.74, 6) is 0. The molecule has 3 aromatic heterocycles. The van der Waals surface area contributed by atoms with Gasteiger partial charge in [0.2, 0.25) is 0 Å². The van der Waals surface area contributed by atoms with Crippen LogP contribution in [0.2, 0.25) is 0 Å².